The average molecular weight is 477 g/mol. The highest BCUT2D eigenvalue weighted by atomic mass is 32.4. The second-order valence-corrected chi connectivity index (χ2v) is 12.8. The van der Waals surface area contributed by atoms with E-state index in [1.165, 1.54) is 11.4 Å². The van der Waals surface area contributed by atoms with Crippen molar-refractivity contribution in [3.05, 3.63) is 59.7 Å². The number of hydrogen-bond donors (Lipinski definition) is 0. The Kier molecular flexibility index (Phi) is 8.58. The van der Waals surface area contributed by atoms with Crippen LogP contribution in [0.5, 0.6) is 0 Å². The van der Waals surface area contributed by atoms with Gasteiger partial charge in [0.2, 0.25) is 0 Å². The third-order valence-electron chi connectivity index (χ3n) is 5.71. The van der Waals surface area contributed by atoms with Gasteiger partial charge < -0.3 is 28.3 Å². The number of anilines is 2. The zero-order valence-corrected chi connectivity index (χ0v) is 20.5. The molecule has 32 heavy (non-hydrogen) atoms. The first-order valence-corrected chi connectivity index (χ1v) is 14.4. The first kappa shape index (κ1) is 23.7. The molecule has 0 unspecified atom stereocenters. The zero-order chi connectivity index (χ0) is 22.2. The number of ether oxygens (including phenoxy) is 4. The van der Waals surface area contributed by atoms with Crippen molar-refractivity contribution >= 4 is 29.5 Å². The van der Waals surface area contributed by atoms with Crippen molar-refractivity contribution in [2.75, 3.05) is 68.7 Å². The molecular formula is C24H33N2O4PS. The van der Waals surface area contributed by atoms with Crippen molar-refractivity contribution < 1.29 is 18.9 Å². The molecule has 6 bridgehead atoms. The maximum atomic E-state index is 6.31. The predicted octanol–water partition coefficient (Wildman–Crippen LogP) is 4.42. The Labute approximate surface area is 196 Å². The van der Waals surface area contributed by atoms with Crippen LogP contribution in [0.2, 0.25) is 0 Å². The number of fused-ring (bicyclic) bond motifs is 8. The minimum absolute atomic E-state index is 0.562. The third kappa shape index (κ3) is 6.10. The lowest BCUT2D eigenvalue weighted by molar-refractivity contribution is -0.00618. The molecule has 2 aromatic rings. The predicted molar refractivity (Wildman–Crippen MR) is 133 cm³/mol. The zero-order valence-electron chi connectivity index (χ0n) is 18.8. The van der Waals surface area contributed by atoms with Crippen LogP contribution in [0.1, 0.15) is 17.5 Å². The highest BCUT2D eigenvalue weighted by Crippen LogP contribution is 2.56. The van der Waals surface area contributed by atoms with Crippen LogP contribution in [0.3, 0.4) is 0 Å². The smallest absolute Gasteiger partial charge is 0.121 e. The summed E-state index contributed by atoms with van der Waals surface area (Å²) in [5.41, 5.74) is 4.67. The molecule has 0 spiro atoms. The van der Waals surface area contributed by atoms with Gasteiger partial charge in [-0.2, -0.15) is 0 Å². The summed E-state index contributed by atoms with van der Waals surface area (Å²) >= 11 is 6.31. The Hall–Kier alpha value is -1.47. The summed E-state index contributed by atoms with van der Waals surface area (Å²) in [6.07, 6.45) is -0.905. The van der Waals surface area contributed by atoms with Gasteiger partial charge in [0.15, 0.2) is 0 Å². The summed E-state index contributed by atoms with van der Waals surface area (Å²) in [5, 5.41) is 0. The van der Waals surface area contributed by atoms with E-state index in [2.05, 4.69) is 64.5 Å². The molecule has 0 aliphatic carbocycles. The molecule has 2 aromatic carbocycles. The van der Waals surface area contributed by atoms with E-state index < -0.39 is 6.34 Å². The van der Waals surface area contributed by atoms with E-state index >= 15 is 0 Å². The van der Waals surface area contributed by atoms with Crippen LogP contribution in [0, 0.1) is 0 Å². The fourth-order valence-corrected chi connectivity index (χ4v) is 7.56. The Morgan fingerprint density at radius 2 is 1.12 bits per heavy atom. The molecule has 2 heterocycles. The van der Waals surface area contributed by atoms with E-state index in [0.717, 1.165) is 30.6 Å². The van der Waals surface area contributed by atoms with Crippen LogP contribution in [-0.4, -0.2) is 59.4 Å². The first-order valence-electron chi connectivity index (χ1n) is 11.3. The number of benzene rings is 2. The van der Waals surface area contributed by atoms with E-state index in [0.29, 0.717) is 52.9 Å². The minimum atomic E-state index is -1.98. The Morgan fingerprint density at radius 3 is 1.59 bits per heavy atom. The van der Waals surface area contributed by atoms with E-state index in [4.69, 9.17) is 30.8 Å². The SMILES string of the molecule is CP1(=S)N2CCCN1c1cccc(c1)COCCOCCOCCOCc1cccc2c1. The van der Waals surface area contributed by atoms with Crippen LogP contribution in [-0.2, 0) is 44.0 Å². The van der Waals surface area contributed by atoms with E-state index in [1.807, 2.05) is 0 Å². The summed E-state index contributed by atoms with van der Waals surface area (Å²) in [4.78, 5) is 0. The Morgan fingerprint density at radius 1 is 0.688 bits per heavy atom. The van der Waals surface area contributed by atoms with Crippen LogP contribution in [0.4, 0.5) is 11.4 Å². The molecule has 2 aliphatic heterocycles. The van der Waals surface area contributed by atoms with E-state index in [9.17, 15) is 0 Å². The van der Waals surface area contributed by atoms with E-state index in [-0.39, 0.29) is 0 Å². The normalized spacial score (nSPS) is 20.9. The number of hydrogen-bond acceptors (Lipinski definition) is 5. The molecule has 0 amide bonds. The Balaban J connectivity index is 1.57. The lowest BCUT2D eigenvalue weighted by atomic mass is 10.2. The summed E-state index contributed by atoms with van der Waals surface area (Å²) in [6, 6.07) is 17.2. The quantitative estimate of drug-likeness (QED) is 0.522. The lowest BCUT2D eigenvalue weighted by Gasteiger charge is -2.47. The maximum Gasteiger partial charge on any atom is 0.121 e. The molecule has 0 aromatic heterocycles. The standard InChI is InChI=1S/C24H33N2O4PS/c1-31(32)25-9-4-10-26(31)24-8-3-6-22(18-24)20-30-16-14-28-12-11-27-13-15-29-19-21-5-2-7-23(25)17-21/h2-3,5-8,17-18H,4,9-16,19-20H2,1H3. The van der Waals surface area contributed by atoms with Crippen molar-refractivity contribution in [3.63, 3.8) is 0 Å². The van der Waals surface area contributed by atoms with E-state index in [1.54, 1.807) is 0 Å². The van der Waals surface area contributed by atoms with Crippen LogP contribution in [0.15, 0.2) is 48.5 Å². The highest BCUT2D eigenvalue weighted by Gasteiger charge is 2.32. The number of rotatable bonds is 0. The van der Waals surface area contributed by atoms with Crippen molar-refractivity contribution in [2.45, 2.75) is 19.6 Å². The van der Waals surface area contributed by atoms with Crippen molar-refractivity contribution in [1.29, 1.82) is 0 Å². The lowest BCUT2D eigenvalue weighted by Crippen LogP contribution is -2.39. The molecule has 8 heteroatoms. The minimum Gasteiger partial charge on any atom is -0.377 e. The molecule has 2 aliphatic rings. The van der Waals surface area contributed by atoms with Crippen molar-refractivity contribution in [3.8, 4) is 0 Å². The first-order chi connectivity index (χ1) is 15.6. The average Bonchev–Trinajstić information content (AvgIpc) is 2.79. The molecular weight excluding hydrogens is 443 g/mol. The molecule has 174 valence electrons. The monoisotopic (exact) mass is 476 g/mol. The number of nitrogens with zero attached hydrogens (tertiary/aromatic N) is 2. The molecule has 0 radical (unpaired) electrons. The van der Waals surface area contributed by atoms with Gasteiger partial charge in [0.05, 0.1) is 52.9 Å². The van der Waals surface area contributed by atoms with Crippen molar-refractivity contribution in [1.82, 2.24) is 0 Å². The fraction of sp³-hybridized carbons (Fsp3) is 0.500. The van der Waals surface area contributed by atoms with Gasteiger partial charge in [-0.05, 0) is 41.8 Å². The van der Waals surface area contributed by atoms with Gasteiger partial charge >= 0.3 is 0 Å². The molecule has 0 saturated carbocycles. The molecule has 0 atom stereocenters. The van der Waals surface area contributed by atoms with Crippen LogP contribution < -0.4 is 9.34 Å². The Bertz CT molecular complexity index is 859. The second-order valence-electron chi connectivity index (χ2n) is 8.10. The van der Waals surface area contributed by atoms with Gasteiger partial charge in [-0.1, -0.05) is 36.1 Å². The topological polar surface area (TPSA) is 43.4 Å². The maximum absolute atomic E-state index is 6.31. The fourth-order valence-electron chi connectivity index (χ4n) is 4.11. The molecule has 1 fully saturated rings. The largest absolute Gasteiger partial charge is 0.377 e. The summed E-state index contributed by atoms with van der Waals surface area (Å²) in [7, 11) is 0. The summed E-state index contributed by atoms with van der Waals surface area (Å²) < 4.78 is 27.7. The van der Waals surface area contributed by atoms with Crippen LogP contribution >= 0.6 is 6.34 Å². The van der Waals surface area contributed by atoms with Gasteiger partial charge in [-0.15, -0.1) is 0 Å². The van der Waals surface area contributed by atoms with Gasteiger partial charge in [-0.3, -0.25) is 0 Å². The van der Waals surface area contributed by atoms with Crippen LogP contribution in [0.25, 0.3) is 0 Å². The van der Waals surface area contributed by atoms with Gasteiger partial charge in [0, 0.05) is 31.1 Å². The molecule has 0 N–H and O–H groups in total. The summed E-state index contributed by atoms with van der Waals surface area (Å²) in [6.45, 7) is 8.69. The van der Waals surface area contributed by atoms with Gasteiger partial charge in [-0.25, -0.2) is 0 Å². The molecule has 1 saturated heterocycles. The highest BCUT2D eigenvalue weighted by molar-refractivity contribution is 8.15. The second kappa shape index (κ2) is 11.6. The third-order valence-corrected chi connectivity index (χ3v) is 9.54. The molecule has 4 rings (SSSR count). The summed E-state index contributed by atoms with van der Waals surface area (Å²) in [5.74, 6) is 0. The molecule has 6 nitrogen and oxygen atoms in total. The van der Waals surface area contributed by atoms with Gasteiger partial charge in [0.25, 0.3) is 0 Å². The van der Waals surface area contributed by atoms with Gasteiger partial charge in [0.1, 0.15) is 6.34 Å². The van der Waals surface area contributed by atoms with Crippen molar-refractivity contribution in [2.24, 2.45) is 0 Å².